The molecule has 0 rings (SSSR count). The normalized spacial score (nSPS) is 12.4. The van der Waals surface area contributed by atoms with E-state index < -0.39 is 18.0 Å². The molecule has 98 valence electrons. The van der Waals surface area contributed by atoms with Crippen molar-refractivity contribution in [1.82, 2.24) is 10.6 Å². The van der Waals surface area contributed by atoms with E-state index in [1.54, 1.807) is 0 Å². The van der Waals surface area contributed by atoms with Gasteiger partial charge < -0.3 is 20.5 Å². The van der Waals surface area contributed by atoms with E-state index in [0.717, 1.165) is 6.42 Å². The molecule has 17 heavy (non-hydrogen) atoms. The van der Waals surface area contributed by atoms with Crippen LogP contribution in [-0.4, -0.2) is 43.4 Å². The summed E-state index contributed by atoms with van der Waals surface area (Å²) in [5, 5.41) is 13.8. The lowest BCUT2D eigenvalue weighted by molar-refractivity contribution is -0.139. The first-order chi connectivity index (χ1) is 8.11. The van der Waals surface area contributed by atoms with Crippen LogP contribution in [0.25, 0.3) is 0 Å². The van der Waals surface area contributed by atoms with E-state index in [2.05, 4.69) is 10.6 Å². The third-order valence-corrected chi connectivity index (χ3v) is 2.05. The van der Waals surface area contributed by atoms with Gasteiger partial charge in [-0.2, -0.15) is 0 Å². The lowest BCUT2D eigenvalue weighted by Crippen LogP contribution is -2.46. The van der Waals surface area contributed by atoms with Crippen LogP contribution in [-0.2, 0) is 9.53 Å². The molecular formula is C11H20N2O4. The van der Waals surface area contributed by atoms with E-state index in [-0.39, 0.29) is 13.0 Å². The van der Waals surface area contributed by atoms with E-state index in [1.165, 1.54) is 7.11 Å². The van der Waals surface area contributed by atoms with Crippen LogP contribution in [0.15, 0.2) is 12.2 Å². The van der Waals surface area contributed by atoms with Crippen molar-refractivity contribution in [3.05, 3.63) is 12.2 Å². The maximum absolute atomic E-state index is 11.3. The van der Waals surface area contributed by atoms with Crippen LogP contribution in [0, 0.1) is 0 Å². The number of ether oxygens (including phenoxy) is 1. The Morgan fingerprint density at radius 2 is 2.18 bits per heavy atom. The number of carbonyl (C=O) groups excluding carboxylic acids is 1. The fraction of sp³-hybridized carbons (Fsp3) is 0.636. The van der Waals surface area contributed by atoms with Crippen molar-refractivity contribution in [3.63, 3.8) is 0 Å². The Morgan fingerprint density at radius 1 is 1.47 bits per heavy atom. The molecule has 0 heterocycles. The van der Waals surface area contributed by atoms with Crippen molar-refractivity contribution in [2.24, 2.45) is 0 Å². The first kappa shape index (κ1) is 15.4. The maximum Gasteiger partial charge on any atom is 0.326 e. The predicted octanol–water partition coefficient (Wildman–Crippen LogP) is 0.742. The minimum atomic E-state index is -1.06. The van der Waals surface area contributed by atoms with Crippen molar-refractivity contribution in [2.75, 3.05) is 20.3 Å². The topological polar surface area (TPSA) is 87.7 Å². The van der Waals surface area contributed by atoms with Gasteiger partial charge in [0.25, 0.3) is 0 Å². The largest absolute Gasteiger partial charge is 0.480 e. The van der Waals surface area contributed by atoms with Crippen LogP contribution in [0.1, 0.15) is 19.8 Å². The zero-order chi connectivity index (χ0) is 13.1. The Morgan fingerprint density at radius 3 is 2.71 bits per heavy atom. The third kappa shape index (κ3) is 8.27. The van der Waals surface area contributed by atoms with Gasteiger partial charge in [0.1, 0.15) is 6.04 Å². The number of carbonyl (C=O) groups is 2. The second-order valence-electron chi connectivity index (χ2n) is 3.43. The molecule has 0 aromatic heterocycles. The Labute approximate surface area is 101 Å². The second-order valence-corrected chi connectivity index (χ2v) is 3.43. The first-order valence-corrected chi connectivity index (χ1v) is 5.49. The number of hydrogen-bond acceptors (Lipinski definition) is 3. The van der Waals surface area contributed by atoms with Crippen molar-refractivity contribution in [3.8, 4) is 0 Å². The molecule has 0 aliphatic heterocycles. The maximum atomic E-state index is 11.3. The van der Waals surface area contributed by atoms with E-state index in [1.807, 2.05) is 19.1 Å². The number of hydrogen-bond donors (Lipinski definition) is 3. The fourth-order valence-corrected chi connectivity index (χ4v) is 1.14. The molecule has 3 N–H and O–H groups in total. The zero-order valence-electron chi connectivity index (χ0n) is 10.2. The first-order valence-electron chi connectivity index (χ1n) is 5.49. The summed E-state index contributed by atoms with van der Waals surface area (Å²) in [4.78, 5) is 22.1. The molecule has 0 saturated carbocycles. The molecule has 6 nitrogen and oxygen atoms in total. The van der Waals surface area contributed by atoms with Crippen molar-refractivity contribution >= 4 is 12.0 Å². The number of rotatable bonds is 8. The van der Waals surface area contributed by atoms with Crippen LogP contribution in [0.3, 0.4) is 0 Å². The number of carboxylic acid groups (broad SMARTS) is 1. The van der Waals surface area contributed by atoms with E-state index >= 15 is 0 Å². The van der Waals surface area contributed by atoms with E-state index in [0.29, 0.717) is 6.54 Å². The highest BCUT2D eigenvalue weighted by Gasteiger charge is 2.18. The lowest BCUT2D eigenvalue weighted by Gasteiger charge is -2.14. The van der Waals surface area contributed by atoms with Crippen molar-refractivity contribution in [1.29, 1.82) is 0 Å². The molecule has 0 spiro atoms. The highest BCUT2D eigenvalue weighted by molar-refractivity contribution is 5.82. The molecule has 1 atom stereocenters. The summed E-state index contributed by atoms with van der Waals surface area (Å²) in [6.45, 7) is 2.66. The summed E-state index contributed by atoms with van der Waals surface area (Å²) >= 11 is 0. The lowest BCUT2D eigenvalue weighted by atomic mass is 10.2. The van der Waals surface area contributed by atoms with Crippen LogP contribution in [0.4, 0.5) is 4.79 Å². The van der Waals surface area contributed by atoms with Crippen molar-refractivity contribution < 1.29 is 19.4 Å². The number of urea groups is 1. The van der Waals surface area contributed by atoms with Gasteiger partial charge in [-0.1, -0.05) is 12.2 Å². The highest BCUT2D eigenvalue weighted by Crippen LogP contribution is 1.93. The van der Waals surface area contributed by atoms with Gasteiger partial charge in [0.05, 0.1) is 0 Å². The standard InChI is InChI=1S/C11H20N2O4/c1-3-4-5-7-12-11(16)13-9(10(14)15)6-8-17-2/h3-4,9H,5-8H2,1-2H3,(H,14,15)(H2,12,13,16)/b4-3+. The molecule has 2 amide bonds. The van der Waals surface area contributed by atoms with Gasteiger partial charge in [-0.05, 0) is 13.3 Å². The molecular weight excluding hydrogens is 224 g/mol. The smallest absolute Gasteiger partial charge is 0.326 e. The van der Waals surface area contributed by atoms with Crippen LogP contribution in [0.5, 0.6) is 0 Å². The number of carboxylic acids is 1. The number of aliphatic carboxylic acids is 1. The number of amides is 2. The average molecular weight is 244 g/mol. The second kappa shape index (κ2) is 9.65. The summed E-state index contributed by atoms with van der Waals surface area (Å²) in [7, 11) is 1.48. The summed E-state index contributed by atoms with van der Waals surface area (Å²) in [5.74, 6) is -1.06. The van der Waals surface area contributed by atoms with Gasteiger partial charge >= 0.3 is 12.0 Å². The van der Waals surface area contributed by atoms with Crippen LogP contribution >= 0.6 is 0 Å². The van der Waals surface area contributed by atoms with Gasteiger partial charge in [0.15, 0.2) is 0 Å². The Bertz CT molecular complexity index is 266. The molecule has 0 radical (unpaired) electrons. The van der Waals surface area contributed by atoms with Crippen LogP contribution in [0.2, 0.25) is 0 Å². The van der Waals surface area contributed by atoms with E-state index in [9.17, 15) is 9.59 Å². The molecule has 0 aromatic rings. The van der Waals surface area contributed by atoms with Gasteiger partial charge in [-0.3, -0.25) is 0 Å². The van der Waals surface area contributed by atoms with Crippen molar-refractivity contribution in [2.45, 2.75) is 25.8 Å². The predicted molar refractivity (Wildman–Crippen MR) is 63.9 cm³/mol. The van der Waals surface area contributed by atoms with E-state index in [4.69, 9.17) is 9.84 Å². The fourth-order valence-electron chi connectivity index (χ4n) is 1.14. The summed E-state index contributed by atoms with van der Waals surface area (Å²) in [5.41, 5.74) is 0. The summed E-state index contributed by atoms with van der Waals surface area (Å²) in [6, 6.07) is -1.39. The van der Waals surface area contributed by atoms with Gasteiger partial charge in [0, 0.05) is 26.7 Å². The van der Waals surface area contributed by atoms with Gasteiger partial charge in [-0.15, -0.1) is 0 Å². The molecule has 6 heteroatoms. The Hall–Kier alpha value is -1.56. The minimum absolute atomic E-state index is 0.244. The third-order valence-electron chi connectivity index (χ3n) is 2.05. The van der Waals surface area contributed by atoms with Gasteiger partial charge in [0.2, 0.25) is 0 Å². The molecule has 0 bridgehead atoms. The van der Waals surface area contributed by atoms with Gasteiger partial charge in [-0.25, -0.2) is 9.59 Å². The monoisotopic (exact) mass is 244 g/mol. The SMILES string of the molecule is C/C=C/CCNC(=O)NC(CCOC)C(=O)O. The highest BCUT2D eigenvalue weighted by atomic mass is 16.5. The molecule has 1 unspecified atom stereocenters. The number of methoxy groups -OCH3 is 1. The Kier molecular flexibility index (Phi) is 8.77. The average Bonchev–Trinajstić information content (AvgIpc) is 2.29. The quantitative estimate of drug-likeness (QED) is 0.434. The summed E-state index contributed by atoms with van der Waals surface area (Å²) in [6.07, 6.45) is 4.77. The minimum Gasteiger partial charge on any atom is -0.480 e. The number of nitrogens with one attached hydrogen (secondary N) is 2. The number of allylic oxidation sites excluding steroid dienone is 1. The Balaban J connectivity index is 3.90. The summed E-state index contributed by atoms with van der Waals surface area (Å²) < 4.78 is 4.77. The molecule has 0 fully saturated rings. The van der Waals surface area contributed by atoms with Crippen LogP contribution < -0.4 is 10.6 Å². The molecule has 0 aromatic carbocycles. The molecule has 0 aliphatic rings. The molecule has 0 aliphatic carbocycles. The molecule has 0 saturated heterocycles. The zero-order valence-corrected chi connectivity index (χ0v) is 10.2.